The zero-order chi connectivity index (χ0) is 19.8. The second kappa shape index (κ2) is 6.82. The highest BCUT2D eigenvalue weighted by atomic mass is 19.4. The molecule has 0 spiro atoms. The van der Waals surface area contributed by atoms with E-state index >= 15 is 0 Å². The van der Waals surface area contributed by atoms with Crippen LogP contribution in [0.15, 0.2) is 34.9 Å². The van der Waals surface area contributed by atoms with Gasteiger partial charge in [-0.1, -0.05) is 17.3 Å². The van der Waals surface area contributed by atoms with E-state index in [-0.39, 0.29) is 17.4 Å². The first-order valence-corrected chi connectivity index (χ1v) is 7.67. The van der Waals surface area contributed by atoms with Crippen molar-refractivity contribution in [2.45, 2.75) is 19.1 Å². The number of aryl methyl sites for hydroxylation is 1. The number of hydrogen-bond donors (Lipinski definition) is 1. The minimum Gasteiger partial charge on any atom is -0.339 e. The molecule has 1 unspecified atom stereocenters. The summed E-state index contributed by atoms with van der Waals surface area (Å²) < 4.78 is 57.2. The Morgan fingerprint density at radius 3 is 2.67 bits per heavy atom. The number of benzene rings is 1. The van der Waals surface area contributed by atoms with Crippen molar-refractivity contribution in [1.29, 1.82) is 0 Å². The van der Waals surface area contributed by atoms with Crippen LogP contribution in [0.5, 0.6) is 0 Å². The van der Waals surface area contributed by atoms with Crippen LogP contribution in [0, 0.1) is 5.82 Å². The van der Waals surface area contributed by atoms with Crippen molar-refractivity contribution < 1.29 is 26.9 Å². The normalized spacial score (nSPS) is 12.8. The second-order valence-corrected chi connectivity index (χ2v) is 5.70. The number of rotatable bonds is 4. The molecule has 3 aromatic rings. The fraction of sp³-hybridized carbons (Fsp3) is 0.250. The Labute approximate surface area is 150 Å². The first-order chi connectivity index (χ1) is 12.6. The molecule has 0 saturated heterocycles. The molecule has 7 nitrogen and oxygen atoms in total. The first kappa shape index (κ1) is 18.5. The predicted octanol–water partition coefficient (Wildman–Crippen LogP) is 3.12. The van der Waals surface area contributed by atoms with Crippen LogP contribution in [0.4, 0.5) is 17.6 Å². The van der Waals surface area contributed by atoms with Gasteiger partial charge in [0, 0.05) is 18.7 Å². The molecule has 0 fully saturated rings. The average Bonchev–Trinajstić information content (AvgIpc) is 3.21. The van der Waals surface area contributed by atoms with E-state index in [9.17, 15) is 22.4 Å². The maximum Gasteiger partial charge on any atom is 0.435 e. The SMILES string of the molecule is CC(NC(=O)c1cc(C(F)(F)F)nn1C)c1nc(-c2cccc(F)c2)no1. The van der Waals surface area contributed by atoms with Crippen LogP contribution >= 0.6 is 0 Å². The molecule has 0 aliphatic rings. The fourth-order valence-corrected chi connectivity index (χ4v) is 2.31. The lowest BCUT2D eigenvalue weighted by Gasteiger charge is -2.09. The van der Waals surface area contributed by atoms with Gasteiger partial charge in [-0.3, -0.25) is 9.48 Å². The van der Waals surface area contributed by atoms with Crippen LogP contribution in [0.2, 0.25) is 0 Å². The van der Waals surface area contributed by atoms with Crippen molar-refractivity contribution in [3.05, 3.63) is 53.4 Å². The molecule has 11 heteroatoms. The standard InChI is InChI=1S/C16H13F4N5O2/c1-8(15-22-13(24-27-15)9-4-3-5-10(17)6-9)21-14(26)11-7-12(16(18,19)20)23-25(11)2/h3-8H,1-2H3,(H,21,26). The number of amides is 1. The molecule has 2 aromatic heterocycles. The summed E-state index contributed by atoms with van der Waals surface area (Å²) in [4.78, 5) is 16.3. The highest BCUT2D eigenvalue weighted by Gasteiger charge is 2.35. The Morgan fingerprint density at radius 2 is 2.04 bits per heavy atom. The molecule has 0 aliphatic heterocycles. The molecule has 1 aromatic carbocycles. The zero-order valence-electron chi connectivity index (χ0n) is 14.1. The molecule has 1 atom stereocenters. The van der Waals surface area contributed by atoms with E-state index < -0.39 is 29.6 Å². The Morgan fingerprint density at radius 1 is 1.30 bits per heavy atom. The van der Waals surface area contributed by atoms with Crippen LogP contribution in [0.1, 0.15) is 35.0 Å². The molecule has 0 bridgehead atoms. The zero-order valence-corrected chi connectivity index (χ0v) is 14.1. The number of alkyl halides is 3. The summed E-state index contributed by atoms with van der Waals surface area (Å²) in [7, 11) is 1.23. The van der Waals surface area contributed by atoms with Gasteiger partial charge in [-0.25, -0.2) is 4.39 Å². The van der Waals surface area contributed by atoms with Crippen LogP contribution < -0.4 is 5.32 Å². The lowest BCUT2D eigenvalue weighted by atomic mass is 10.2. The van der Waals surface area contributed by atoms with Crippen LogP contribution in [0.3, 0.4) is 0 Å². The molecule has 1 N–H and O–H groups in total. The number of carbonyl (C=O) groups excluding carboxylic acids is 1. The summed E-state index contributed by atoms with van der Waals surface area (Å²) >= 11 is 0. The number of nitrogens with zero attached hydrogens (tertiary/aromatic N) is 4. The van der Waals surface area contributed by atoms with Crippen molar-refractivity contribution in [2.24, 2.45) is 7.05 Å². The number of nitrogens with one attached hydrogen (secondary N) is 1. The fourth-order valence-electron chi connectivity index (χ4n) is 2.31. The van der Waals surface area contributed by atoms with Crippen molar-refractivity contribution in [3.63, 3.8) is 0 Å². The van der Waals surface area contributed by atoms with Crippen molar-refractivity contribution in [3.8, 4) is 11.4 Å². The molecule has 0 radical (unpaired) electrons. The maximum absolute atomic E-state index is 13.3. The number of aromatic nitrogens is 4. The van der Waals surface area contributed by atoms with Crippen LogP contribution in [0.25, 0.3) is 11.4 Å². The van der Waals surface area contributed by atoms with Crippen molar-refractivity contribution >= 4 is 5.91 Å². The summed E-state index contributed by atoms with van der Waals surface area (Å²) in [6.45, 7) is 1.52. The Balaban J connectivity index is 1.75. The lowest BCUT2D eigenvalue weighted by molar-refractivity contribution is -0.141. The molecule has 27 heavy (non-hydrogen) atoms. The van der Waals surface area contributed by atoms with E-state index in [1.165, 1.54) is 32.2 Å². The highest BCUT2D eigenvalue weighted by molar-refractivity contribution is 5.92. The second-order valence-electron chi connectivity index (χ2n) is 5.70. The van der Waals surface area contributed by atoms with Crippen LogP contribution in [-0.4, -0.2) is 25.8 Å². The summed E-state index contributed by atoms with van der Waals surface area (Å²) in [6, 6.07) is 5.38. The third-order valence-electron chi connectivity index (χ3n) is 3.65. The quantitative estimate of drug-likeness (QED) is 0.700. The molecule has 2 heterocycles. The smallest absolute Gasteiger partial charge is 0.339 e. The van der Waals surface area contributed by atoms with Crippen molar-refractivity contribution in [1.82, 2.24) is 25.2 Å². The summed E-state index contributed by atoms with van der Waals surface area (Å²) in [5.41, 5.74) is -1.07. The highest BCUT2D eigenvalue weighted by Crippen LogP contribution is 2.28. The van der Waals surface area contributed by atoms with Gasteiger partial charge in [-0.2, -0.15) is 23.3 Å². The number of hydrogen-bond acceptors (Lipinski definition) is 5. The van der Waals surface area contributed by atoms with Gasteiger partial charge in [0.25, 0.3) is 5.91 Å². The Bertz CT molecular complexity index is 979. The largest absolute Gasteiger partial charge is 0.435 e. The van der Waals surface area contributed by atoms with Gasteiger partial charge in [0.2, 0.25) is 11.7 Å². The van der Waals surface area contributed by atoms with Gasteiger partial charge in [0.05, 0.1) is 0 Å². The molecule has 0 aliphatic carbocycles. The minimum absolute atomic E-state index is 0.0147. The average molecular weight is 383 g/mol. The minimum atomic E-state index is -4.66. The maximum atomic E-state index is 13.3. The van der Waals surface area contributed by atoms with Gasteiger partial charge in [-0.15, -0.1) is 0 Å². The van der Waals surface area contributed by atoms with E-state index in [4.69, 9.17) is 4.52 Å². The molecule has 3 rings (SSSR count). The Hall–Kier alpha value is -3.24. The van der Waals surface area contributed by atoms with E-state index in [1.54, 1.807) is 6.07 Å². The molecule has 1 amide bonds. The van der Waals surface area contributed by atoms with E-state index in [0.717, 1.165) is 4.68 Å². The third-order valence-corrected chi connectivity index (χ3v) is 3.65. The van der Waals surface area contributed by atoms with E-state index in [1.807, 2.05) is 0 Å². The number of halogens is 4. The predicted molar refractivity (Wildman–Crippen MR) is 83.8 cm³/mol. The first-order valence-electron chi connectivity index (χ1n) is 7.67. The summed E-state index contributed by atoms with van der Waals surface area (Å²) in [5.74, 6) is -1.14. The van der Waals surface area contributed by atoms with Gasteiger partial charge in [-0.05, 0) is 19.1 Å². The van der Waals surface area contributed by atoms with Crippen LogP contribution in [-0.2, 0) is 13.2 Å². The van der Waals surface area contributed by atoms with E-state index in [0.29, 0.717) is 11.6 Å². The lowest BCUT2D eigenvalue weighted by Crippen LogP contribution is -2.28. The molecule has 0 saturated carbocycles. The summed E-state index contributed by atoms with van der Waals surface area (Å²) in [5, 5.41) is 9.45. The van der Waals surface area contributed by atoms with Gasteiger partial charge >= 0.3 is 6.18 Å². The summed E-state index contributed by atoms with van der Waals surface area (Å²) in [6.07, 6.45) is -4.66. The van der Waals surface area contributed by atoms with Gasteiger partial charge < -0.3 is 9.84 Å². The monoisotopic (exact) mass is 383 g/mol. The van der Waals surface area contributed by atoms with Crippen molar-refractivity contribution in [2.75, 3.05) is 0 Å². The van der Waals surface area contributed by atoms with E-state index in [2.05, 4.69) is 20.6 Å². The molecular formula is C16H13F4N5O2. The third kappa shape index (κ3) is 3.96. The molecular weight excluding hydrogens is 370 g/mol. The topological polar surface area (TPSA) is 85.8 Å². The van der Waals surface area contributed by atoms with Gasteiger partial charge in [0.1, 0.15) is 17.6 Å². The number of carbonyl (C=O) groups is 1. The van der Waals surface area contributed by atoms with Gasteiger partial charge in [0.15, 0.2) is 5.69 Å². The Kier molecular flexibility index (Phi) is 4.68. The molecule has 142 valence electrons.